The third-order valence-electron chi connectivity index (χ3n) is 2.32. The molecule has 86 valence electrons. The molecule has 0 aliphatic rings. The Morgan fingerprint density at radius 3 is 2.38 bits per heavy atom. The summed E-state index contributed by atoms with van der Waals surface area (Å²) < 4.78 is 5.33. The van der Waals surface area contributed by atoms with Gasteiger partial charge in [0.15, 0.2) is 0 Å². The van der Waals surface area contributed by atoms with Crippen molar-refractivity contribution in [2.24, 2.45) is 0 Å². The second-order valence-corrected chi connectivity index (χ2v) is 3.66. The van der Waals surface area contributed by atoms with Gasteiger partial charge in [-0.3, -0.25) is 9.59 Å². The summed E-state index contributed by atoms with van der Waals surface area (Å²) in [4.78, 5) is 22.8. The lowest BCUT2D eigenvalue weighted by atomic mass is 9.92. The first-order valence-electron chi connectivity index (χ1n) is 5.30. The van der Waals surface area contributed by atoms with Crippen LogP contribution >= 0.6 is 0 Å². The van der Waals surface area contributed by atoms with E-state index in [1.165, 1.54) is 13.8 Å². The standard InChI is InChI=1S/C13H16O3/c1-4-16-12-7-5-6-11(8-12)13(9(2)14)10(3)15/h5-8,13H,4H2,1-3H3. The predicted octanol–water partition coefficient (Wildman–Crippen LogP) is 2.35. The van der Waals surface area contributed by atoms with Gasteiger partial charge in [-0.15, -0.1) is 0 Å². The van der Waals surface area contributed by atoms with Crippen LogP contribution in [0.4, 0.5) is 0 Å². The summed E-state index contributed by atoms with van der Waals surface area (Å²) in [6, 6.07) is 7.12. The highest BCUT2D eigenvalue weighted by molar-refractivity contribution is 6.05. The van der Waals surface area contributed by atoms with E-state index in [4.69, 9.17) is 4.74 Å². The van der Waals surface area contributed by atoms with Gasteiger partial charge >= 0.3 is 0 Å². The van der Waals surface area contributed by atoms with E-state index >= 15 is 0 Å². The summed E-state index contributed by atoms with van der Waals surface area (Å²) >= 11 is 0. The molecule has 0 aliphatic carbocycles. The molecule has 0 N–H and O–H groups in total. The van der Waals surface area contributed by atoms with Gasteiger partial charge in [-0.05, 0) is 38.5 Å². The molecule has 0 aliphatic heterocycles. The Kier molecular flexibility index (Phi) is 4.23. The van der Waals surface area contributed by atoms with E-state index in [-0.39, 0.29) is 11.6 Å². The zero-order chi connectivity index (χ0) is 12.1. The van der Waals surface area contributed by atoms with Gasteiger partial charge in [0.05, 0.1) is 6.61 Å². The molecule has 0 unspecified atom stereocenters. The molecule has 1 rings (SSSR count). The van der Waals surface area contributed by atoms with E-state index in [2.05, 4.69) is 0 Å². The first-order chi connectivity index (χ1) is 7.56. The Balaban J connectivity index is 3.05. The first-order valence-corrected chi connectivity index (χ1v) is 5.30. The van der Waals surface area contributed by atoms with Crippen LogP contribution in [0, 0.1) is 0 Å². The number of Topliss-reactive ketones (excluding diaryl/α,β-unsaturated/α-hetero) is 2. The fourth-order valence-corrected chi connectivity index (χ4v) is 1.71. The average molecular weight is 220 g/mol. The summed E-state index contributed by atoms with van der Waals surface area (Å²) in [5, 5.41) is 0. The number of carbonyl (C=O) groups excluding carboxylic acids is 2. The molecule has 16 heavy (non-hydrogen) atoms. The van der Waals surface area contributed by atoms with Gasteiger partial charge in [-0.25, -0.2) is 0 Å². The van der Waals surface area contributed by atoms with Crippen molar-refractivity contribution in [3.63, 3.8) is 0 Å². The highest BCUT2D eigenvalue weighted by Gasteiger charge is 2.21. The summed E-state index contributed by atoms with van der Waals surface area (Å²) in [5.74, 6) is -0.254. The minimum absolute atomic E-state index is 0.138. The second-order valence-electron chi connectivity index (χ2n) is 3.66. The number of benzene rings is 1. The molecule has 0 radical (unpaired) electrons. The van der Waals surface area contributed by atoms with Crippen LogP contribution in [0.1, 0.15) is 32.3 Å². The van der Waals surface area contributed by atoms with Gasteiger partial charge < -0.3 is 4.74 Å². The SMILES string of the molecule is CCOc1cccc(C(C(C)=O)C(C)=O)c1. The molecular weight excluding hydrogens is 204 g/mol. The number of hydrogen-bond acceptors (Lipinski definition) is 3. The predicted molar refractivity (Wildman–Crippen MR) is 61.7 cm³/mol. The lowest BCUT2D eigenvalue weighted by molar-refractivity contribution is -0.126. The minimum Gasteiger partial charge on any atom is -0.494 e. The molecule has 3 heteroatoms. The van der Waals surface area contributed by atoms with Gasteiger partial charge in [0.2, 0.25) is 0 Å². The summed E-state index contributed by atoms with van der Waals surface area (Å²) in [6.45, 7) is 5.31. The maximum Gasteiger partial charge on any atom is 0.144 e. The van der Waals surface area contributed by atoms with E-state index in [0.29, 0.717) is 17.9 Å². The molecule has 0 heterocycles. The Morgan fingerprint density at radius 1 is 1.25 bits per heavy atom. The van der Waals surface area contributed by atoms with Crippen molar-refractivity contribution in [2.45, 2.75) is 26.7 Å². The highest BCUT2D eigenvalue weighted by Crippen LogP contribution is 2.22. The summed E-state index contributed by atoms with van der Waals surface area (Å²) in [6.07, 6.45) is 0. The molecule has 0 amide bonds. The fraction of sp³-hybridized carbons (Fsp3) is 0.385. The van der Waals surface area contributed by atoms with E-state index in [1.807, 2.05) is 13.0 Å². The number of ether oxygens (including phenoxy) is 1. The Morgan fingerprint density at radius 2 is 1.88 bits per heavy atom. The highest BCUT2D eigenvalue weighted by atomic mass is 16.5. The van der Waals surface area contributed by atoms with E-state index in [9.17, 15) is 9.59 Å². The monoisotopic (exact) mass is 220 g/mol. The second kappa shape index (κ2) is 5.45. The molecule has 0 bridgehead atoms. The van der Waals surface area contributed by atoms with E-state index in [0.717, 1.165) is 0 Å². The third kappa shape index (κ3) is 2.92. The molecule has 3 nitrogen and oxygen atoms in total. The van der Waals surface area contributed by atoms with Gasteiger partial charge in [0.25, 0.3) is 0 Å². The van der Waals surface area contributed by atoms with Crippen LogP contribution in [-0.2, 0) is 9.59 Å². The molecule has 0 saturated heterocycles. The van der Waals surface area contributed by atoms with Crippen LogP contribution in [0.2, 0.25) is 0 Å². The molecule has 1 aromatic carbocycles. The van der Waals surface area contributed by atoms with Crippen molar-refractivity contribution >= 4 is 11.6 Å². The van der Waals surface area contributed by atoms with Crippen LogP contribution < -0.4 is 4.74 Å². The van der Waals surface area contributed by atoms with Gasteiger partial charge in [0, 0.05) is 0 Å². The minimum atomic E-state index is -0.666. The average Bonchev–Trinajstić information content (AvgIpc) is 2.17. The summed E-state index contributed by atoms with van der Waals surface area (Å²) in [5.41, 5.74) is 0.700. The lowest BCUT2D eigenvalue weighted by Gasteiger charge is -2.12. The number of rotatable bonds is 5. The molecule has 0 atom stereocenters. The third-order valence-corrected chi connectivity index (χ3v) is 2.32. The molecule has 0 spiro atoms. The molecule has 0 aromatic heterocycles. The van der Waals surface area contributed by atoms with Crippen LogP contribution in [0.15, 0.2) is 24.3 Å². The van der Waals surface area contributed by atoms with Crippen molar-refractivity contribution in [1.82, 2.24) is 0 Å². The Labute approximate surface area is 95.4 Å². The lowest BCUT2D eigenvalue weighted by Crippen LogP contribution is -2.17. The van der Waals surface area contributed by atoms with Gasteiger partial charge in [-0.1, -0.05) is 12.1 Å². The molecule has 0 saturated carbocycles. The van der Waals surface area contributed by atoms with Crippen LogP contribution in [0.25, 0.3) is 0 Å². The topological polar surface area (TPSA) is 43.4 Å². The van der Waals surface area contributed by atoms with E-state index < -0.39 is 5.92 Å². The Hall–Kier alpha value is -1.64. The fourth-order valence-electron chi connectivity index (χ4n) is 1.71. The zero-order valence-corrected chi connectivity index (χ0v) is 9.82. The van der Waals surface area contributed by atoms with Gasteiger partial charge in [0.1, 0.15) is 23.2 Å². The normalized spacial score (nSPS) is 10.2. The van der Waals surface area contributed by atoms with Crippen molar-refractivity contribution in [3.8, 4) is 5.75 Å². The largest absolute Gasteiger partial charge is 0.494 e. The van der Waals surface area contributed by atoms with Gasteiger partial charge in [-0.2, -0.15) is 0 Å². The molecular formula is C13H16O3. The number of hydrogen-bond donors (Lipinski definition) is 0. The van der Waals surface area contributed by atoms with Crippen molar-refractivity contribution in [2.75, 3.05) is 6.61 Å². The maximum atomic E-state index is 11.4. The smallest absolute Gasteiger partial charge is 0.144 e. The van der Waals surface area contributed by atoms with Crippen LogP contribution in [0.3, 0.4) is 0 Å². The molecule has 0 fully saturated rings. The first kappa shape index (κ1) is 12.4. The van der Waals surface area contributed by atoms with E-state index in [1.54, 1.807) is 18.2 Å². The van der Waals surface area contributed by atoms with Crippen LogP contribution in [-0.4, -0.2) is 18.2 Å². The quantitative estimate of drug-likeness (QED) is 0.715. The van der Waals surface area contributed by atoms with Crippen molar-refractivity contribution in [3.05, 3.63) is 29.8 Å². The Bertz CT molecular complexity index is 382. The molecule has 1 aromatic rings. The number of carbonyl (C=O) groups is 2. The van der Waals surface area contributed by atoms with Crippen molar-refractivity contribution in [1.29, 1.82) is 0 Å². The summed E-state index contributed by atoms with van der Waals surface area (Å²) in [7, 11) is 0. The van der Waals surface area contributed by atoms with Crippen molar-refractivity contribution < 1.29 is 14.3 Å². The van der Waals surface area contributed by atoms with Crippen LogP contribution in [0.5, 0.6) is 5.75 Å². The maximum absolute atomic E-state index is 11.4. The zero-order valence-electron chi connectivity index (χ0n) is 9.82. The number of ketones is 2.